The first kappa shape index (κ1) is 194. The Bertz CT molecular complexity index is 1530. The zero-order valence-corrected chi connectivity index (χ0v) is 74.7. The molecule has 3 aromatic carbocycles. The first-order valence-electron chi connectivity index (χ1n) is 34.0. The fraction of sp³-hybridized carbons (Fsp3) is 0.590. The number of carbonyl (C=O) groups excluding carboxylic acids is 14. The molecule has 1 fully saturated rings. The Morgan fingerprint density at radius 1 is 0.393 bits per heavy atom. The van der Waals surface area contributed by atoms with Crippen LogP contribution < -0.4 is 69.6 Å². The van der Waals surface area contributed by atoms with Gasteiger partial charge < -0.3 is 137 Å². The van der Waals surface area contributed by atoms with E-state index in [0.717, 1.165) is 62.6 Å². The smallest absolute Gasteiger partial charge is 0.244 e. The van der Waals surface area contributed by atoms with E-state index in [1.807, 2.05) is 191 Å². The van der Waals surface area contributed by atoms with Gasteiger partial charge in [-0.3, -0.25) is 14.4 Å². The lowest BCUT2D eigenvalue weighted by Gasteiger charge is -2.31. The fourth-order valence-corrected chi connectivity index (χ4v) is 4.65. The van der Waals surface area contributed by atoms with E-state index in [0.29, 0.717) is 6.42 Å². The number of likely N-dealkylation sites (N-methyl/N-ethyl adjacent to an activating group) is 1. The number of benzene rings is 3. The Morgan fingerprint density at radius 3 is 0.720 bits per heavy atom. The van der Waals surface area contributed by atoms with Crippen LogP contribution in [0.25, 0.3) is 0 Å². The zero-order chi connectivity index (χ0) is 90.9. The van der Waals surface area contributed by atoms with Crippen molar-refractivity contribution in [2.24, 2.45) is 57.7 Å². The van der Waals surface area contributed by atoms with Gasteiger partial charge in [-0.05, 0) is 138 Å². The topological polar surface area (TPSA) is 591 Å². The molecule has 654 valence electrons. The van der Waals surface area contributed by atoms with Crippen molar-refractivity contribution >= 4 is 92.4 Å². The van der Waals surface area contributed by atoms with Gasteiger partial charge in [0.25, 0.3) is 0 Å². The van der Waals surface area contributed by atoms with E-state index in [9.17, 15) is 14.4 Å². The van der Waals surface area contributed by atoms with Crippen LogP contribution in [0.2, 0.25) is 0 Å². The van der Waals surface area contributed by atoms with Crippen LogP contribution >= 0.6 is 0 Å². The number of nitrogens with two attached hydrogens (primary N) is 8. The molecule has 0 radical (unpaired) electrons. The van der Waals surface area contributed by atoms with E-state index in [2.05, 4.69) is 155 Å². The molecular weight excluding hydrogens is 1370 g/mol. The Morgan fingerprint density at radius 2 is 0.570 bits per heavy atom. The summed E-state index contributed by atoms with van der Waals surface area (Å²) in [6.45, 7) is 67.7. The van der Waals surface area contributed by atoms with Crippen molar-refractivity contribution in [2.45, 2.75) is 222 Å². The van der Waals surface area contributed by atoms with Crippen LogP contribution in [-0.2, 0) is 86.4 Å². The minimum atomic E-state index is -0.647. The molecule has 29 heteroatoms. The van der Waals surface area contributed by atoms with Crippen LogP contribution in [0.5, 0.6) is 0 Å². The minimum absolute atomic E-state index is 0. The quantitative estimate of drug-likeness (QED) is 0.0896. The summed E-state index contributed by atoms with van der Waals surface area (Å²) in [4.78, 5) is 128. The molecule has 1 aliphatic heterocycles. The Kier molecular flexibility index (Phi) is 515. The average molecular weight is 1560 g/mol. The molecule has 0 bridgehead atoms. The predicted molar refractivity (Wildman–Crippen MR) is 471 cm³/mol. The van der Waals surface area contributed by atoms with E-state index in [-0.39, 0.29) is 42.3 Å². The molecule has 2 atom stereocenters. The molecule has 1 heterocycles. The Balaban J connectivity index is -0.0000000240. The van der Waals surface area contributed by atoms with Gasteiger partial charge in [0.15, 0.2) is 0 Å². The number of carbonyl (C=O) groups is 14. The van der Waals surface area contributed by atoms with Gasteiger partial charge in [0.1, 0.15) is 86.8 Å². The van der Waals surface area contributed by atoms with E-state index in [1.54, 1.807) is 27.8 Å². The molecule has 3 aromatic rings. The van der Waals surface area contributed by atoms with Gasteiger partial charge in [-0.15, -0.1) is 0 Å². The zero-order valence-electron chi connectivity index (χ0n) is 74.7. The second kappa shape index (κ2) is 284. The third-order valence-corrected chi connectivity index (χ3v) is 9.07. The largest absolute Gasteiger partial charge is 0.394 e. The Labute approximate surface area is 659 Å². The van der Waals surface area contributed by atoms with Crippen molar-refractivity contribution in [3.63, 3.8) is 0 Å². The second-order valence-electron chi connectivity index (χ2n) is 15.3. The highest BCUT2D eigenvalue weighted by Gasteiger charge is 2.29. The van der Waals surface area contributed by atoms with Crippen LogP contribution in [0.15, 0.2) is 91.0 Å². The van der Waals surface area contributed by atoms with Gasteiger partial charge in [0, 0.05) is 39.6 Å². The maximum atomic E-state index is 12.8. The van der Waals surface area contributed by atoms with E-state index >= 15 is 0 Å². The Hall–Kier alpha value is -8.04. The summed E-state index contributed by atoms with van der Waals surface area (Å²) in [5.41, 5.74) is 39.8. The number of rotatable bonds is 10. The number of aliphatic hydroxyl groups excluding tert-OH is 1. The summed E-state index contributed by atoms with van der Waals surface area (Å²) in [6, 6.07) is 29.2. The number of piperidine rings is 1. The highest BCUT2D eigenvalue weighted by molar-refractivity contribution is 5.91. The molecule has 1 aliphatic rings. The van der Waals surface area contributed by atoms with Crippen molar-refractivity contribution in [3.8, 4) is 0 Å². The number of hydrogen-bond donors (Lipinski definition) is 13. The number of amides is 3. The van der Waals surface area contributed by atoms with Crippen molar-refractivity contribution in [3.05, 3.63) is 108 Å². The fourth-order valence-electron chi connectivity index (χ4n) is 4.65. The molecular formula is C78H182N14O15. The SMILES string of the molecule is C=O.C=O.C=O.C=O.C=O.C=O.C=O.C=O.C=O.C=O.C=O.CC.CC.CC.CC.CC.CC(=O)N(C)[C@@H](Cc1ccccc1)C(=O)N[C@@H](C)C(=O)N1CCCCC1.CC(C)O.CCC(C)C.CCC(C)C.CCc1ccccc1.CCc1ccccc1.CN.CN.CN.CN.CN.CN.CN.CN.N.N.N. The number of likely N-dealkylation sites (tertiary alicyclic amines) is 1. The standard InChI is InChI=1S/C20H29N3O3.2C8H10.2C5H12.C3H8O.5C2H6.8CH5N.11CH2O.3H3N/c1-15(20(26)23-12-8-5-9-13-23)21-19(25)18(22(3)16(2)24)14-17-10-6-4-7-11-17;2*1-2-8-6-4-3-5-7-8;2*1-4-5(2)3;1-3(2)4;24*1-2;;;/h4,6-7,10-11,15,18H,5,8-9,12-14H2,1-3H3,(H,21,25);2*3-7H,2H2,1H3;2*5H,4H2,1-3H3;3-4H,1-2H3;5*1-2H3;8*2H2,1H3;11*1H2;3*1H3/t15-,18-;;;;;;;;;;;;;;;;;;;;;;;;;;;;;;;;/m0................................/s1. The lowest BCUT2D eigenvalue weighted by Crippen LogP contribution is -2.54. The summed E-state index contributed by atoms with van der Waals surface area (Å²) >= 11 is 0. The third kappa shape index (κ3) is 251. The summed E-state index contributed by atoms with van der Waals surface area (Å²) in [5.74, 6) is 1.23. The molecule has 27 N–H and O–H groups in total. The normalized spacial score (nSPS) is 7.75. The first-order valence-corrected chi connectivity index (χ1v) is 34.0. The van der Waals surface area contributed by atoms with Crippen molar-refractivity contribution in [1.29, 1.82) is 0 Å². The van der Waals surface area contributed by atoms with E-state index in [4.69, 9.17) is 57.8 Å². The van der Waals surface area contributed by atoms with Crippen LogP contribution in [0.1, 0.15) is 201 Å². The number of aryl methyl sites for hydroxylation is 2. The molecule has 3 amide bonds. The molecule has 4 rings (SSSR count). The van der Waals surface area contributed by atoms with Crippen molar-refractivity contribution in [2.75, 3.05) is 76.5 Å². The summed E-state index contributed by atoms with van der Waals surface area (Å²) < 4.78 is 0. The molecule has 0 aromatic heterocycles. The maximum absolute atomic E-state index is 12.8. The van der Waals surface area contributed by atoms with Gasteiger partial charge in [-0.25, -0.2) is 0 Å². The van der Waals surface area contributed by atoms with Crippen LogP contribution in [0, 0.1) is 11.8 Å². The number of aliphatic hydroxyl groups is 1. The number of nitrogens with zero attached hydrogens (tertiary/aromatic N) is 2. The second-order valence-corrected chi connectivity index (χ2v) is 15.3. The summed E-state index contributed by atoms with van der Waals surface area (Å²) in [6.07, 6.45) is 8.30. The predicted octanol–water partition coefficient (Wildman–Crippen LogP) is 10.8. The van der Waals surface area contributed by atoms with Crippen molar-refractivity contribution < 1.29 is 72.2 Å². The average Bonchev–Trinajstić information content (AvgIpc) is 0.852. The van der Waals surface area contributed by atoms with Gasteiger partial charge in [0.05, 0.1) is 0 Å². The lowest BCUT2D eigenvalue weighted by molar-refractivity contribution is -0.140. The lowest BCUT2D eigenvalue weighted by atomic mass is 10.0. The van der Waals surface area contributed by atoms with Crippen LogP contribution in [-0.4, -0.2) is 202 Å². The summed E-state index contributed by atoms with van der Waals surface area (Å²) in [5, 5.41) is 10.9. The maximum Gasteiger partial charge on any atom is 0.244 e. The third-order valence-electron chi connectivity index (χ3n) is 9.07. The highest BCUT2D eigenvalue weighted by Crippen LogP contribution is 2.12. The molecule has 0 aliphatic carbocycles. The minimum Gasteiger partial charge on any atom is -0.394 e. The van der Waals surface area contributed by atoms with E-state index < -0.39 is 12.1 Å². The molecule has 29 nitrogen and oxygen atoms in total. The summed E-state index contributed by atoms with van der Waals surface area (Å²) in [7, 11) is 13.6. The van der Waals surface area contributed by atoms with E-state index in [1.165, 1.54) is 92.2 Å². The van der Waals surface area contributed by atoms with Gasteiger partial charge in [-0.1, -0.05) is 228 Å². The van der Waals surface area contributed by atoms with Crippen molar-refractivity contribution in [1.82, 2.24) is 33.6 Å². The van der Waals surface area contributed by atoms with Gasteiger partial charge in [0.2, 0.25) is 17.7 Å². The van der Waals surface area contributed by atoms with Crippen LogP contribution in [0.4, 0.5) is 0 Å². The highest BCUT2D eigenvalue weighted by atomic mass is 16.3. The van der Waals surface area contributed by atoms with Crippen LogP contribution in [0.3, 0.4) is 0 Å². The first-order chi connectivity index (χ1) is 50.5. The number of hydrogen-bond acceptors (Lipinski definition) is 26. The molecule has 0 unspecified atom stereocenters. The monoisotopic (exact) mass is 1560 g/mol. The molecule has 107 heavy (non-hydrogen) atoms. The number of nitrogens with one attached hydrogen (secondary N) is 1. The molecule has 1 saturated heterocycles. The molecule has 0 spiro atoms. The molecule has 0 saturated carbocycles. The van der Waals surface area contributed by atoms with Gasteiger partial charge >= 0.3 is 0 Å². The van der Waals surface area contributed by atoms with Gasteiger partial charge in [-0.2, -0.15) is 0 Å².